The summed E-state index contributed by atoms with van der Waals surface area (Å²) in [7, 11) is 0. The van der Waals surface area contributed by atoms with Gasteiger partial charge in [0.2, 0.25) is 0 Å². The smallest absolute Gasteiger partial charge is 0.387 e. The average Bonchev–Trinajstić information content (AvgIpc) is 3.52. The molecule has 1 heterocycles. The first-order chi connectivity index (χ1) is 19.4. The van der Waals surface area contributed by atoms with Crippen LogP contribution >= 0.6 is 29.8 Å². The first kappa shape index (κ1) is 33.8. The van der Waals surface area contributed by atoms with Crippen LogP contribution in [-0.4, -0.2) is 37.7 Å². The Kier molecular flexibility index (Phi) is 13.0. The van der Waals surface area contributed by atoms with Crippen LogP contribution in [0.1, 0.15) is 65.5 Å². The van der Waals surface area contributed by atoms with Gasteiger partial charge in [-0.15, -0.1) is 0 Å². The summed E-state index contributed by atoms with van der Waals surface area (Å²) in [6.45, 7) is 9.26. The molecule has 0 bridgehead atoms. The van der Waals surface area contributed by atoms with E-state index in [1.807, 2.05) is 70.2 Å². The molecule has 3 unspecified atom stereocenters. The highest BCUT2D eigenvalue weighted by molar-refractivity contribution is 8.54. The SMILES string of the molecule is CC(C)C1CCC(Cc2ccc(Cl)cc2)C1(O)Cn1cncn1.CC(C)OP(=O)(OC(C)C)SCc1ccccc1. The van der Waals surface area contributed by atoms with Crippen LogP contribution in [-0.2, 0) is 32.3 Å². The standard InChI is InChI=1S/C18H24ClN3O.C13H21O3PS/c1-13(2)17-8-5-15(9-14-3-6-16(19)7-4-14)18(17,23)10-22-12-20-11-21-22;1-11(2)15-17(14,16-12(3)4)18-10-13-8-6-5-7-9-13/h3-4,6-7,11-13,15,17,23H,5,8-10H2,1-2H3;5-9,11-12H,10H2,1-4H3. The van der Waals surface area contributed by atoms with Gasteiger partial charge in [0.1, 0.15) is 12.7 Å². The van der Waals surface area contributed by atoms with Crippen molar-refractivity contribution in [3.63, 3.8) is 0 Å². The Balaban J connectivity index is 0.000000233. The Morgan fingerprint density at radius 1 is 1.00 bits per heavy atom. The van der Waals surface area contributed by atoms with Gasteiger partial charge in [-0.3, -0.25) is 13.7 Å². The van der Waals surface area contributed by atoms with Gasteiger partial charge in [-0.25, -0.2) is 9.55 Å². The van der Waals surface area contributed by atoms with Crippen LogP contribution in [0.4, 0.5) is 0 Å². The molecular formula is C31H45ClN3O4PS. The molecule has 1 aliphatic carbocycles. The Hall–Kier alpha value is -1.67. The number of halogens is 1. The Bertz CT molecular complexity index is 1200. The zero-order chi connectivity index (χ0) is 30.0. The quantitative estimate of drug-likeness (QED) is 0.203. The van der Waals surface area contributed by atoms with E-state index in [2.05, 4.69) is 36.1 Å². The summed E-state index contributed by atoms with van der Waals surface area (Å²) in [6, 6.07) is 17.8. The molecule has 0 saturated heterocycles. The minimum atomic E-state index is -3.08. The third-order valence-electron chi connectivity index (χ3n) is 7.17. The van der Waals surface area contributed by atoms with Gasteiger partial charge in [-0.05, 0) is 99.4 Å². The van der Waals surface area contributed by atoms with E-state index in [1.165, 1.54) is 23.3 Å². The summed E-state index contributed by atoms with van der Waals surface area (Å²) < 4.78 is 25.2. The molecule has 0 spiro atoms. The lowest BCUT2D eigenvalue weighted by Gasteiger charge is -2.37. The first-order valence-corrected chi connectivity index (χ1v) is 17.9. The molecular weight excluding hydrogens is 577 g/mol. The molecule has 7 nitrogen and oxygen atoms in total. The fourth-order valence-electron chi connectivity index (χ4n) is 5.43. The summed E-state index contributed by atoms with van der Waals surface area (Å²) in [6.07, 6.45) is 5.95. The maximum absolute atomic E-state index is 12.5. The molecule has 1 N–H and O–H groups in total. The van der Waals surface area contributed by atoms with Crippen molar-refractivity contribution in [2.75, 3.05) is 0 Å². The zero-order valence-electron chi connectivity index (χ0n) is 25.0. The minimum Gasteiger partial charge on any atom is -0.387 e. The predicted molar refractivity (Wildman–Crippen MR) is 169 cm³/mol. The lowest BCUT2D eigenvalue weighted by atomic mass is 9.76. The normalized spacial score (nSPS) is 21.0. The molecule has 0 amide bonds. The van der Waals surface area contributed by atoms with Gasteiger partial charge in [-0.1, -0.05) is 67.9 Å². The van der Waals surface area contributed by atoms with Gasteiger partial charge in [0.05, 0.1) is 24.4 Å². The van der Waals surface area contributed by atoms with Crippen LogP contribution in [0, 0.1) is 17.8 Å². The van der Waals surface area contributed by atoms with Gasteiger partial charge in [-0.2, -0.15) is 5.10 Å². The number of benzene rings is 2. The summed E-state index contributed by atoms with van der Waals surface area (Å²) in [4.78, 5) is 4.01. The highest BCUT2D eigenvalue weighted by atomic mass is 35.5. The predicted octanol–water partition coefficient (Wildman–Crippen LogP) is 8.47. The number of aromatic nitrogens is 3. The number of nitrogens with zero attached hydrogens (tertiary/aromatic N) is 3. The van der Waals surface area contributed by atoms with Crippen molar-refractivity contribution in [2.24, 2.45) is 17.8 Å². The second-order valence-electron chi connectivity index (χ2n) is 11.6. The van der Waals surface area contributed by atoms with Crippen molar-refractivity contribution in [2.45, 2.75) is 90.9 Å². The number of hydrogen-bond donors (Lipinski definition) is 1. The number of rotatable bonds is 12. The van der Waals surface area contributed by atoms with E-state index in [0.29, 0.717) is 18.2 Å². The highest BCUT2D eigenvalue weighted by Crippen LogP contribution is 2.63. The van der Waals surface area contributed by atoms with Gasteiger partial charge in [0.25, 0.3) is 0 Å². The molecule has 4 rings (SSSR count). The first-order valence-electron chi connectivity index (χ1n) is 14.3. The maximum atomic E-state index is 12.5. The molecule has 3 aromatic rings. The maximum Gasteiger partial charge on any atom is 0.389 e. The molecule has 3 atom stereocenters. The molecule has 2 aromatic carbocycles. The molecule has 226 valence electrons. The summed E-state index contributed by atoms with van der Waals surface area (Å²) in [5.74, 6) is 1.57. The van der Waals surface area contributed by atoms with Crippen molar-refractivity contribution in [3.8, 4) is 0 Å². The Labute approximate surface area is 254 Å². The lowest BCUT2D eigenvalue weighted by molar-refractivity contribution is -0.0667. The second-order valence-corrected chi connectivity index (χ2v) is 16.0. The number of aliphatic hydroxyl groups is 1. The van der Waals surface area contributed by atoms with E-state index >= 15 is 0 Å². The van der Waals surface area contributed by atoms with Crippen LogP contribution in [0.2, 0.25) is 5.02 Å². The summed E-state index contributed by atoms with van der Waals surface area (Å²) in [5.41, 5.74) is 1.59. The van der Waals surface area contributed by atoms with Crippen LogP contribution in [0.5, 0.6) is 0 Å². The summed E-state index contributed by atoms with van der Waals surface area (Å²) in [5, 5.41) is 16.5. The van der Waals surface area contributed by atoms with Crippen LogP contribution in [0.3, 0.4) is 0 Å². The molecule has 0 radical (unpaired) electrons. The Morgan fingerprint density at radius 2 is 1.63 bits per heavy atom. The van der Waals surface area contributed by atoms with Crippen molar-refractivity contribution in [1.82, 2.24) is 14.8 Å². The molecule has 1 aliphatic rings. The second kappa shape index (κ2) is 15.7. The van der Waals surface area contributed by atoms with Gasteiger partial charge < -0.3 is 5.11 Å². The minimum absolute atomic E-state index is 0.113. The van der Waals surface area contributed by atoms with Crippen LogP contribution in [0.25, 0.3) is 0 Å². The molecule has 1 fully saturated rings. The van der Waals surface area contributed by atoms with Crippen LogP contribution in [0.15, 0.2) is 67.3 Å². The average molecular weight is 622 g/mol. The summed E-state index contributed by atoms with van der Waals surface area (Å²) >= 11 is 7.22. The van der Waals surface area contributed by atoms with Crippen molar-refractivity contribution < 1.29 is 18.7 Å². The van der Waals surface area contributed by atoms with Crippen molar-refractivity contribution >= 4 is 29.8 Å². The van der Waals surface area contributed by atoms with E-state index in [0.717, 1.165) is 29.8 Å². The fourth-order valence-corrected chi connectivity index (χ4v) is 9.58. The molecule has 0 aliphatic heterocycles. The van der Waals surface area contributed by atoms with Gasteiger partial charge in [0, 0.05) is 10.8 Å². The third kappa shape index (κ3) is 10.5. The van der Waals surface area contributed by atoms with E-state index < -0.39 is 12.4 Å². The monoisotopic (exact) mass is 621 g/mol. The topological polar surface area (TPSA) is 86.5 Å². The largest absolute Gasteiger partial charge is 0.389 e. The van der Waals surface area contributed by atoms with Crippen molar-refractivity contribution in [3.05, 3.63) is 83.4 Å². The highest BCUT2D eigenvalue weighted by Gasteiger charge is 2.50. The van der Waals surface area contributed by atoms with E-state index in [9.17, 15) is 9.67 Å². The Morgan fingerprint density at radius 3 is 2.17 bits per heavy atom. The molecule has 10 heteroatoms. The van der Waals surface area contributed by atoms with Gasteiger partial charge in [0.15, 0.2) is 0 Å². The van der Waals surface area contributed by atoms with E-state index in [1.54, 1.807) is 11.0 Å². The zero-order valence-corrected chi connectivity index (χ0v) is 27.5. The van der Waals surface area contributed by atoms with Crippen molar-refractivity contribution in [1.29, 1.82) is 0 Å². The number of hydrogen-bond acceptors (Lipinski definition) is 7. The van der Waals surface area contributed by atoms with E-state index in [-0.39, 0.29) is 24.0 Å². The van der Waals surface area contributed by atoms with Crippen LogP contribution < -0.4 is 0 Å². The third-order valence-corrected chi connectivity index (χ3v) is 11.4. The lowest BCUT2D eigenvalue weighted by Crippen LogP contribution is -2.46. The molecule has 1 aromatic heterocycles. The molecule has 41 heavy (non-hydrogen) atoms. The molecule has 1 saturated carbocycles. The van der Waals surface area contributed by atoms with Gasteiger partial charge >= 0.3 is 6.80 Å². The van der Waals surface area contributed by atoms with E-state index in [4.69, 9.17) is 20.6 Å². The fraction of sp³-hybridized carbons (Fsp3) is 0.548.